The van der Waals surface area contributed by atoms with Gasteiger partial charge in [-0.05, 0) is 44.0 Å². The summed E-state index contributed by atoms with van der Waals surface area (Å²) in [5.41, 5.74) is 7.18. The molecule has 5 nitrogen and oxygen atoms in total. The lowest BCUT2D eigenvalue weighted by Gasteiger charge is -2.32. The molecule has 0 aliphatic heterocycles. The molecule has 1 fully saturated rings. The molecule has 2 unspecified atom stereocenters. The Morgan fingerprint density at radius 2 is 2.00 bits per heavy atom. The first kappa shape index (κ1) is 17.6. The fourth-order valence-electron chi connectivity index (χ4n) is 3.17. The first-order valence-corrected chi connectivity index (χ1v) is 8.58. The van der Waals surface area contributed by atoms with Gasteiger partial charge in [-0.3, -0.25) is 4.79 Å². The second-order valence-corrected chi connectivity index (χ2v) is 6.13. The van der Waals surface area contributed by atoms with E-state index in [0.717, 1.165) is 50.2 Å². The standard InChI is InChI=1S/C18H29N3O2/c1-3-21(18(22)16-6-4-5-7-17(16)19)13-12-20-14-8-10-15(23-2)11-9-14/h8-11,16-17,20H,3-7,12-13,19H2,1-2H3. The summed E-state index contributed by atoms with van der Waals surface area (Å²) in [6.45, 7) is 4.18. The molecule has 3 N–H and O–H groups in total. The Labute approximate surface area is 139 Å². The molecule has 0 aromatic heterocycles. The van der Waals surface area contributed by atoms with Gasteiger partial charge in [-0.2, -0.15) is 0 Å². The fraction of sp³-hybridized carbons (Fsp3) is 0.611. The molecule has 0 heterocycles. The summed E-state index contributed by atoms with van der Waals surface area (Å²) >= 11 is 0. The summed E-state index contributed by atoms with van der Waals surface area (Å²) in [4.78, 5) is 14.6. The van der Waals surface area contributed by atoms with E-state index >= 15 is 0 Å². The van der Waals surface area contributed by atoms with Crippen LogP contribution in [0.4, 0.5) is 5.69 Å². The van der Waals surface area contributed by atoms with Crippen molar-refractivity contribution in [2.24, 2.45) is 11.7 Å². The van der Waals surface area contributed by atoms with Crippen LogP contribution in [-0.4, -0.2) is 43.6 Å². The molecule has 1 aromatic rings. The van der Waals surface area contributed by atoms with Crippen LogP contribution in [0.1, 0.15) is 32.6 Å². The molecule has 23 heavy (non-hydrogen) atoms. The Balaban J connectivity index is 1.82. The van der Waals surface area contributed by atoms with E-state index in [9.17, 15) is 4.79 Å². The minimum Gasteiger partial charge on any atom is -0.497 e. The van der Waals surface area contributed by atoms with Crippen LogP contribution in [0.2, 0.25) is 0 Å². The Morgan fingerprint density at radius 1 is 1.30 bits per heavy atom. The molecule has 5 heteroatoms. The summed E-state index contributed by atoms with van der Waals surface area (Å²) in [6, 6.07) is 7.83. The maximum atomic E-state index is 12.7. The highest BCUT2D eigenvalue weighted by molar-refractivity contribution is 5.79. The summed E-state index contributed by atoms with van der Waals surface area (Å²) in [5.74, 6) is 1.06. The highest BCUT2D eigenvalue weighted by atomic mass is 16.5. The maximum absolute atomic E-state index is 12.7. The fourth-order valence-corrected chi connectivity index (χ4v) is 3.17. The number of methoxy groups -OCH3 is 1. The predicted molar refractivity (Wildman–Crippen MR) is 93.7 cm³/mol. The quantitative estimate of drug-likeness (QED) is 0.810. The SMILES string of the molecule is CCN(CCNc1ccc(OC)cc1)C(=O)C1CCCCC1N. The molecule has 2 rings (SSSR count). The van der Waals surface area contributed by atoms with Gasteiger partial charge in [-0.25, -0.2) is 0 Å². The van der Waals surface area contributed by atoms with Gasteiger partial charge in [0.1, 0.15) is 5.75 Å². The predicted octanol–water partition coefficient (Wildman–Crippen LogP) is 2.47. The van der Waals surface area contributed by atoms with Crippen molar-refractivity contribution in [3.05, 3.63) is 24.3 Å². The van der Waals surface area contributed by atoms with Gasteiger partial charge in [0, 0.05) is 31.4 Å². The molecule has 1 aliphatic carbocycles. The number of hydrogen-bond acceptors (Lipinski definition) is 4. The van der Waals surface area contributed by atoms with Gasteiger partial charge in [0.25, 0.3) is 0 Å². The zero-order valence-corrected chi connectivity index (χ0v) is 14.3. The Kier molecular flexibility index (Phi) is 6.71. The summed E-state index contributed by atoms with van der Waals surface area (Å²) in [5, 5.41) is 3.35. The van der Waals surface area contributed by atoms with Gasteiger partial charge in [0.05, 0.1) is 13.0 Å². The van der Waals surface area contributed by atoms with Gasteiger partial charge in [0.2, 0.25) is 5.91 Å². The number of hydrogen-bond donors (Lipinski definition) is 2. The van der Waals surface area contributed by atoms with E-state index in [1.54, 1.807) is 7.11 Å². The second-order valence-electron chi connectivity index (χ2n) is 6.13. The van der Waals surface area contributed by atoms with Gasteiger partial charge in [0.15, 0.2) is 0 Å². The third-order valence-corrected chi connectivity index (χ3v) is 4.63. The van der Waals surface area contributed by atoms with Crippen LogP contribution in [0, 0.1) is 5.92 Å². The monoisotopic (exact) mass is 319 g/mol. The summed E-state index contributed by atoms with van der Waals surface area (Å²) in [6.07, 6.45) is 4.17. The van der Waals surface area contributed by atoms with Gasteiger partial charge < -0.3 is 20.7 Å². The van der Waals surface area contributed by atoms with Gasteiger partial charge in [-0.15, -0.1) is 0 Å². The van der Waals surface area contributed by atoms with Crippen molar-refractivity contribution in [1.29, 1.82) is 0 Å². The Bertz CT molecular complexity index is 490. The van der Waals surface area contributed by atoms with Crippen molar-refractivity contribution in [2.75, 3.05) is 32.1 Å². The zero-order chi connectivity index (χ0) is 16.7. The number of nitrogens with two attached hydrogens (primary N) is 1. The van der Waals surface area contributed by atoms with Crippen LogP contribution in [0.25, 0.3) is 0 Å². The first-order valence-electron chi connectivity index (χ1n) is 8.58. The molecule has 1 saturated carbocycles. The average molecular weight is 319 g/mol. The molecule has 0 bridgehead atoms. The zero-order valence-electron chi connectivity index (χ0n) is 14.3. The lowest BCUT2D eigenvalue weighted by atomic mass is 9.84. The smallest absolute Gasteiger partial charge is 0.227 e. The Morgan fingerprint density at radius 3 is 2.61 bits per heavy atom. The molecule has 2 atom stereocenters. The number of benzene rings is 1. The van der Waals surface area contributed by atoms with E-state index in [1.165, 1.54) is 0 Å². The molecule has 0 saturated heterocycles. The molecule has 0 radical (unpaired) electrons. The summed E-state index contributed by atoms with van der Waals surface area (Å²) < 4.78 is 5.15. The van der Waals surface area contributed by atoms with E-state index < -0.39 is 0 Å². The van der Waals surface area contributed by atoms with Crippen molar-refractivity contribution in [3.63, 3.8) is 0 Å². The van der Waals surface area contributed by atoms with Crippen molar-refractivity contribution in [3.8, 4) is 5.75 Å². The Hall–Kier alpha value is -1.75. The number of likely N-dealkylation sites (N-methyl/N-ethyl adjacent to an activating group) is 1. The summed E-state index contributed by atoms with van der Waals surface area (Å²) in [7, 11) is 1.66. The number of nitrogens with one attached hydrogen (secondary N) is 1. The van der Waals surface area contributed by atoms with E-state index in [1.807, 2.05) is 36.1 Å². The number of amides is 1. The minimum absolute atomic E-state index is 0.00434. The van der Waals surface area contributed by atoms with Crippen LogP contribution < -0.4 is 15.8 Å². The molecule has 0 spiro atoms. The molecular formula is C18H29N3O2. The lowest BCUT2D eigenvalue weighted by Crippen LogP contribution is -2.46. The van der Waals surface area contributed by atoms with Crippen molar-refractivity contribution in [1.82, 2.24) is 4.90 Å². The van der Waals surface area contributed by atoms with Crippen LogP contribution in [0.3, 0.4) is 0 Å². The van der Waals surface area contributed by atoms with Crippen LogP contribution in [0.15, 0.2) is 24.3 Å². The molecule has 128 valence electrons. The van der Waals surface area contributed by atoms with Crippen molar-refractivity contribution >= 4 is 11.6 Å². The van der Waals surface area contributed by atoms with Crippen molar-refractivity contribution < 1.29 is 9.53 Å². The van der Waals surface area contributed by atoms with Crippen LogP contribution in [0.5, 0.6) is 5.75 Å². The topological polar surface area (TPSA) is 67.6 Å². The average Bonchev–Trinajstić information content (AvgIpc) is 2.59. The maximum Gasteiger partial charge on any atom is 0.227 e. The van der Waals surface area contributed by atoms with E-state index in [2.05, 4.69) is 5.32 Å². The largest absolute Gasteiger partial charge is 0.497 e. The third-order valence-electron chi connectivity index (χ3n) is 4.63. The van der Waals surface area contributed by atoms with E-state index in [0.29, 0.717) is 6.54 Å². The molecule has 1 aliphatic rings. The molecule has 1 aromatic carbocycles. The number of rotatable bonds is 7. The number of nitrogens with zero attached hydrogens (tertiary/aromatic N) is 1. The van der Waals surface area contributed by atoms with Crippen molar-refractivity contribution in [2.45, 2.75) is 38.6 Å². The number of anilines is 1. The highest BCUT2D eigenvalue weighted by Crippen LogP contribution is 2.24. The van der Waals surface area contributed by atoms with E-state index in [4.69, 9.17) is 10.5 Å². The molecular weight excluding hydrogens is 290 g/mol. The minimum atomic E-state index is 0.00434. The number of carbonyl (C=O) groups is 1. The van der Waals surface area contributed by atoms with Gasteiger partial charge in [-0.1, -0.05) is 12.8 Å². The third kappa shape index (κ3) is 4.86. The highest BCUT2D eigenvalue weighted by Gasteiger charge is 2.30. The number of ether oxygens (including phenoxy) is 1. The lowest BCUT2D eigenvalue weighted by molar-refractivity contribution is -0.136. The normalized spacial score (nSPS) is 20.8. The van der Waals surface area contributed by atoms with Crippen LogP contribution in [-0.2, 0) is 4.79 Å². The number of carbonyl (C=O) groups excluding carboxylic acids is 1. The second kappa shape index (κ2) is 8.77. The first-order chi connectivity index (χ1) is 11.2. The van der Waals surface area contributed by atoms with Crippen LogP contribution >= 0.6 is 0 Å². The van der Waals surface area contributed by atoms with E-state index in [-0.39, 0.29) is 17.9 Å². The van der Waals surface area contributed by atoms with Gasteiger partial charge >= 0.3 is 0 Å². The molecule has 1 amide bonds.